The Labute approximate surface area is 112 Å². The van der Waals surface area contributed by atoms with Crippen LogP contribution in [0.1, 0.15) is 11.3 Å². The summed E-state index contributed by atoms with van der Waals surface area (Å²) in [6.45, 7) is 0.648. The van der Waals surface area contributed by atoms with E-state index in [-0.39, 0.29) is 6.61 Å². The summed E-state index contributed by atoms with van der Waals surface area (Å²) in [5, 5.41) is 12.1. The Balaban J connectivity index is 1.88. The minimum atomic E-state index is -0.0763. The predicted molar refractivity (Wildman–Crippen MR) is 73.1 cm³/mol. The molecule has 2 aromatic rings. The molecule has 1 aromatic carbocycles. The van der Waals surface area contributed by atoms with Gasteiger partial charge < -0.3 is 15.2 Å². The molecule has 0 atom stereocenters. The fraction of sp³-hybridized carbons (Fsp3) is 0.286. The van der Waals surface area contributed by atoms with E-state index in [4.69, 9.17) is 9.84 Å². The normalized spacial score (nSPS) is 10.2. The third-order valence-corrected chi connectivity index (χ3v) is 2.71. The van der Waals surface area contributed by atoms with Crippen LogP contribution in [0.4, 0.5) is 5.95 Å². The molecular weight excluding hydrogens is 242 g/mol. The molecule has 0 radical (unpaired) electrons. The molecule has 0 aliphatic heterocycles. The lowest BCUT2D eigenvalue weighted by Gasteiger charge is -2.07. The zero-order valence-corrected chi connectivity index (χ0v) is 10.8. The zero-order valence-electron chi connectivity index (χ0n) is 10.8. The van der Waals surface area contributed by atoms with E-state index in [1.807, 2.05) is 18.2 Å². The molecule has 0 aliphatic carbocycles. The molecule has 2 rings (SSSR count). The summed E-state index contributed by atoms with van der Waals surface area (Å²) in [5.41, 5.74) is 1.80. The molecule has 5 nitrogen and oxygen atoms in total. The maximum absolute atomic E-state index is 8.99. The van der Waals surface area contributed by atoms with Gasteiger partial charge in [-0.3, -0.25) is 0 Å². The van der Waals surface area contributed by atoms with Crippen molar-refractivity contribution in [2.45, 2.75) is 13.0 Å². The van der Waals surface area contributed by atoms with Gasteiger partial charge >= 0.3 is 0 Å². The number of anilines is 1. The van der Waals surface area contributed by atoms with Crippen molar-refractivity contribution in [3.8, 4) is 5.75 Å². The molecule has 2 N–H and O–H groups in total. The fourth-order valence-corrected chi connectivity index (χ4v) is 1.72. The Kier molecular flexibility index (Phi) is 4.69. The van der Waals surface area contributed by atoms with Crippen LogP contribution in [0.15, 0.2) is 36.5 Å². The minimum absolute atomic E-state index is 0.0763. The molecular formula is C14H17N3O2. The molecule has 5 heteroatoms. The van der Waals surface area contributed by atoms with Crippen molar-refractivity contribution in [1.82, 2.24) is 9.97 Å². The molecule has 0 saturated carbocycles. The summed E-state index contributed by atoms with van der Waals surface area (Å²) < 4.78 is 5.18. The van der Waals surface area contributed by atoms with Crippen molar-refractivity contribution < 1.29 is 9.84 Å². The smallest absolute Gasteiger partial charge is 0.222 e. The monoisotopic (exact) mass is 259 g/mol. The molecule has 0 bridgehead atoms. The first kappa shape index (κ1) is 13.3. The van der Waals surface area contributed by atoms with Crippen LogP contribution in [0, 0.1) is 0 Å². The van der Waals surface area contributed by atoms with E-state index in [0.717, 1.165) is 18.7 Å². The molecule has 0 fully saturated rings. The second-order valence-corrected chi connectivity index (χ2v) is 4.06. The highest BCUT2D eigenvalue weighted by Crippen LogP contribution is 2.13. The molecule has 0 saturated heterocycles. The van der Waals surface area contributed by atoms with Crippen molar-refractivity contribution in [1.29, 1.82) is 0 Å². The Morgan fingerprint density at radius 1 is 1.32 bits per heavy atom. The van der Waals surface area contributed by atoms with Crippen molar-refractivity contribution in [2.75, 3.05) is 19.0 Å². The number of aliphatic hydroxyl groups excluding tert-OH is 1. The summed E-state index contributed by atoms with van der Waals surface area (Å²) in [6, 6.07) is 9.64. The van der Waals surface area contributed by atoms with E-state index in [1.54, 1.807) is 19.4 Å². The Morgan fingerprint density at radius 2 is 2.21 bits per heavy atom. The highest BCUT2D eigenvalue weighted by atomic mass is 16.5. The van der Waals surface area contributed by atoms with Crippen molar-refractivity contribution in [3.05, 3.63) is 47.8 Å². The van der Waals surface area contributed by atoms with Gasteiger partial charge in [0.2, 0.25) is 5.95 Å². The third kappa shape index (κ3) is 3.93. The average molecular weight is 259 g/mol. The van der Waals surface area contributed by atoms with Gasteiger partial charge in [-0.05, 0) is 30.2 Å². The molecule has 19 heavy (non-hydrogen) atoms. The lowest BCUT2D eigenvalue weighted by atomic mass is 10.1. The van der Waals surface area contributed by atoms with Gasteiger partial charge in [0, 0.05) is 12.7 Å². The Hall–Kier alpha value is -2.14. The number of methoxy groups -OCH3 is 1. The first-order chi connectivity index (χ1) is 9.31. The zero-order chi connectivity index (χ0) is 13.5. The maximum Gasteiger partial charge on any atom is 0.222 e. The summed E-state index contributed by atoms with van der Waals surface area (Å²) in [4.78, 5) is 8.25. The van der Waals surface area contributed by atoms with Gasteiger partial charge in [0.25, 0.3) is 0 Å². The average Bonchev–Trinajstić information content (AvgIpc) is 2.48. The van der Waals surface area contributed by atoms with E-state index >= 15 is 0 Å². The Bertz CT molecular complexity index is 484. The summed E-state index contributed by atoms with van der Waals surface area (Å²) in [5.74, 6) is 1.39. The number of rotatable bonds is 6. The summed E-state index contributed by atoms with van der Waals surface area (Å²) in [7, 11) is 1.66. The summed E-state index contributed by atoms with van der Waals surface area (Å²) in [6.07, 6.45) is 2.48. The minimum Gasteiger partial charge on any atom is -0.497 e. The van der Waals surface area contributed by atoms with Gasteiger partial charge in [-0.2, -0.15) is 0 Å². The van der Waals surface area contributed by atoms with E-state index in [9.17, 15) is 0 Å². The van der Waals surface area contributed by atoms with E-state index in [2.05, 4.69) is 21.4 Å². The number of nitrogens with one attached hydrogen (secondary N) is 1. The standard InChI is InChI=1S/C14H17N3O2/c1-19-13-4-2-3-11(9-13)5-7-15-14-16-8-6-12(10-18)17-14/h2-4,6,8-9,18H,5,7,10H2,1H3,(H,15,16,17). The molecule has 0 amide bonds. The van der Waals surface area contributed by atoms with E-state index in [0.29, 0.717) is 11.6 Å². The highest BCUT2D eigenvalue weighted by Gasteiger charge is 1.99. The van der Waals surface area contributed by atoms with Crippen LogP contribution in [0.2, 0.25) is 0 Å². The largest absolute Gasteiger partial charge is 0.497 e. The number of ether oxygens (including phenoxy) is 1. The van der Waals surface area contributed by atoms with Crippen LogP contribution in [-0.4, -0.2) is 28.7 Å². The van der Waals surface area contributed by atoms with Crippen molar-refractivity contribution >= 4 is 5.95 Å². The van der Waals surface area contributed by atoms with Crippen LogP contribution >= 0.6 is 0 Å². The fourth-order valence-electron chi connectivity index (χ4n) is 1.72. The lowest BCUT2D eigenvalue weighted by Crippen LogP contribution is -2.08. The summed E-state index contributed by atoms with van der Waals surface area (Å²) >= 11 is 0. The number of hydrogen-bond acceptors (Lipinski definition) is 5. The second kappa shape index (κ2) is 6.70. The number of hydrogen-bond donors (Lipinski definition) is 2. The number of benzene rings is 1. The highest BCUT2D eigenvalue weighted by molar-refractivity contribution is 5.30. The van der Waals surface area contributed by atoms with Crippen LogP contribution in [-0.2, 0) is 13.0 Å². The molecule has 0 unspecified atom stereocenters. The third-order valence-electron chi connectivity index (χ3n) is 2.71. The van der Waals surface area contributed by atoms with Crippen LogP contribution in [0.5, 0.6) is 5.75 Å². The van der Waals surface area contributed by atoms with Crippen molar-refractivity contribution in [3.63, 3.8) is 0 Å². The number of aliphatic hydroxyl groups is 1. The first-order valence-electron chi connectivity index (χ1n) is 6.11. The molecule has 0 spiro atoms. The molecule has 1 aromatic heterocycles. The van der Waals surface area contributed by atoms with Crippen LogP contribution in [0.25, 0.3) is 0 Å². The second-order valence-electron chi connectivity index (χ2n) is 4.06. The first-order valence-corrected chi connectivity index (χ1v) is 6.11. The number of aromatic nitrogens is 2. The van der Waals surface area contributed by atoms with Gasteiger partial charge in [0.05, 0.1) is 19.4 Å². The van der Waals surface area contributed by atoms with Crippen molar-refractivity contribution in [2.24, 2.45) is 0 Å². The van der Waals surface area contributed by atoms with Crippen LogP contribution in [0.3, 0.4) is 0 Å². The topological polar surface area (TPSA) is 67.3 Å². The quantitative estimate of drug-likeness (QED) is 0.825. The van der Waals surface area contributed by atoms with E-state index < -0.39 is 0 Å². The molecule has 0 aliphatic rings. The molecule has 1 heterocycles. The van der Waals surface area contributed by atoms with E-state index in [1.165, 1.54) is 5.56 Å². The van der Waals surface area contributed by atoms with Crippen LogP contribution < -0.4 is 10.1 Å². The maximum atomic E-state index is 8.99. The Morgan fingerprint density at radius 3 is 3.00 bits per heavy atom. The van der Waals surface area contributed by atoms with Gasteiger partial charge in [-0.1, -0.05) is 12.1 Å². The lowest BCUT2D eigenvalue weighted by molar-refractivity contribution is 0.277. The SMILES string of the molecule is COc1cccc(CCNc2nccc(CO)n2)c1. The van der Waals surface area contributed by atoms with Gasteiger partial charge in [0.1, 0.15) is 5.75 Å². The number of nitrogens with zero attached hydrogens (tertiary/aromatic N) is 2. The predicted octanol–water partition coefficient (Wildman–Crippen LogP) is 1.63. The molecule has 100 valence electrons. The van der Waals surface area contributed by atoms with Gasteiger partial charge in [-0.15, -0.1) is 0 Å². The van der Waals surface area contributed by atoms with Gasteiger partial charge in [0.15, 0.2) is 0 Å². The van der Waals surface area contributed by atoms with Gasteiger partial charge in [-0.25, -0.2) is 9.97 Å².